The first-order chi connectivity index (χ1) is 7.15. The fourth-order valence-corrected chi connectivity index (χ4v) is 1.54. The van der Waals surface area contributed by atoms with E-state index in [1.54, 1.807) is 6.07 Å². The second kappa shape index (κ2) is 5.81. The van der Waals surface area contributed by atoms with Gasteiger partial charge in [-0.3, -0.25) is 0 Å². The molecule has 0 aliphatic rings. The number of hydrogen-bond acceptors (Lipinski definition) is 1. The molecular weight excluding hydrogens is 198 g/mol. The normalized spacial score (nSPS) is 12.8. The molecule has 0 amide bonds. The summed E-state index contributed by atoms with van der Waals surface area (Å²) in [5.74, 6) is -1.61. The second-order valence-electron chi connectivity index (χ2n) is 3.69. The van der Waals surface area contributed by atoms with Crippen LogP contribution < -0.4 is 0 Å². The third-order valence-corrected chi connectivity index (χ3v) is 2.40. The van der Waals surface area contributed by atoms with Crippen LogP contribution in [0.15, 0.2) is 18.2 Å². The summed E-state index contributed by atoms with van der Waals surface area (Å²) < 4.78 is 26.0. The van der Waals surface area contributed by atoms with Crippen molar-refractivity contribution >= 4 is 0 Å². The van der Waals surface area contributed by atoms with Gasteiger partial charge in [-0.25, -0.2) is 8.78 Å². The summed E-state index contributed by atoms with van der Waals surface area (Å²) >= 11 is 0. The highest BCUT2D eigenvalue weighted by Gasteiger charge is 2.09. The SMILES string of the molecule is CCCC(O)CCc1cccc(F)c1F. The highest BCUT2D eigenvalue weighted by Crippen LogP contribution is 2.15. The molecule has 0 radical (unpaired) electrons. The lowest BCUT2D eigenvalue weighted by Crippen LogP contribution is -2.08. The molecule has 0 bridgehead atoms. The van der Waals surface area contributed by atoms with Crippen LogP contribution in [0.5, 0.6) is 0 Å². The van der Waals surface area contributed by atoms with Crippen molar-refractivity contribution in [2.75, 3.05) is 0 Å². The van der Waals surface area contributed by atoms with Crippen molar-refractivity contribution < 1.29 is 13.9 Å². The van der Waals surface area contributed by atoms with Crippen LogP contribution in [0, 0.1) is 11.6 Å². The maximum Gasteiger partial charge on any atom is 0.162 e. The molecule has 1 aromatic rings. The van der Waals surface area contributed by atoms with Gasteiger partial charge in [-0.2, -0.15) is 0 Å². The zero-order chi connectivity index (χ0) is 11.3. The first-order valence-electron chi connectivity index (χ1n) is 5.26. The number of halogens is 2. The van der Waals surface area contributed by atoms with Crippen LogP contribution in [0.1, 0.15) is 31.7 Å². The summed E-state index contributed by atoms with van der Waals surface area (Å²) in [4.78, 5) is 0. The van der Waals surface area contributed by atoms with Crippen LogP contribution >= 0.6 is 0 Å². The lowest BCUT2D eigenvalue weighted by atomic mass is 10.0. The number of rotatable bonds is 5. The molecule has 0 aromatic heterocycles. The van der Waals surface area contributed by atoms with Crippen LogP contribution in [0.25, 0.3) is 0 Å². The maximum atomic E-state index is 13.2. The molecule has 0 saturated heterocycles. The van der Waals surface area contributed by atoms with Gasteiger partial charge >= 0.3 is 0 Å². The summed E-state index contributed by atoms with van der Waals surface area (Å²) in [5.41, 5.74) is 0.338. The predicted molar refractivity (Wildman–Crippen MR) is 55.6 cm³/mol. The highest BCUT2D eigenvalue weighted by molar-refractivity contribution is 5.19. The summed E-state index contributed by atoms with van der Waals surface area (Å²) in [5, 5.41) is 9.45. The summed E-state index contributed by atoms with van der Waals surface area (Å²) in [7, 11) is 0. The van der Waals surface area contributed by atoms with Crippen LogP contribution in [-0.4, -0.2) is 11.2 Å². The van der Waals surface area contributed by atoms with Gasteiger partial charge in [0.05, 0.1) is 6.10 Å². The summed E-state index contributed by atoms with van der Waals surface area (Å²) in [6, 6.07) is 4.14. The van der Waals surface area contributed by atoms with E-state index in [-0.39, 0.29) is 0 Å². The smallest absolute Gasteiger partial charge is 0.162 e. The Kier molecular flexibility index (Phi) is 4.69. The van der Waals surface area contributed by atoms with E-state index in [9.17, 15) is 13.9 Å². The Morgan fingerprint density at radius 1 is 1.27 bits per heavy atom. The topological polar surface area (TPSA) is 20.2 Å². The Bertz CT molecular complexity index is 312. The van der Waals surface area contributed by atoms with Gasteiger partial charge in [-0.1, -0.05) is 25.5 Å². The van der Waals surface area contributed by atoms with E-state index in [1.165, 1.54) is 6.07 Å². The average molecular weight is 214 g/mol. The fourth-order valence-electron chi connectivity index (χ4n) is 1.54. The van der Waals surface area contributed by atoms with E-state index < -0.39 is 17.7 Å². The van der Waals surface area contributed by atoms with Gasteiger partial charge in [0.15, 0.2) is 11.6 Å². The van der Waals surface area contributed by atoms with Crippen LogP contribution in [0.4, 0.5) is 8.78 Å². The minimum atomic E-state index is -0.822. The predicted octanol–water partition coefficient (Wildman–Crippen LogP) is 3.06. The van der Waals surface area contributed by atoms with E-state index in [2.05, 4.69) is 0 Å². The zero-order valence-corrected chi connectivity index (χ0v) is 8.84. The first kappa shape index (κ1) is 12.1. The van der Waals surface area contributed by atoms with Gasteiger partial charge in [-0.15, -0.1) is 0 Å². The number of aryl methyl sites for hydroxylation is 1. The molecule has 15 heavy (non-hydrogen) atoms. The first-order valence-corrected chi connectivity index (χ1v) is 5.26. The van der Waals surface area contributed by atoms with E-state index in [1.807, 2.05) is 6.92 Å². The van der Waals surface area contributed by atoms with Crippen LogP contribution in [0.2, 0.25) is 0 Å². The van der Waals surface area contributed by atoms with E-state index >= 15 is 0 Å². The minimum absolute atomic E-state index is 0.338. The van der Waals surface area contributed by atoms with Gasteiger partial charge in [0, 0.05) is 0 Å². The number of aliphatic hydroxyl groups is 1. The molecule has 1 nitrogen and oxygen atoms in total. The fraction of sp³-hybridized carbons (Fsp3) is 0.500. The molecule has 0 saturated carbocycles. The lowest BCUT2D eigenvalue weighted by Gasteiger charge is -2.09. The zero-order valence-electron chi connectivity index (χ0n) is 8.84. The van der Waals surface area contributed by atoms with Crippen molar-refractivity contribution in [2.45, 2.75) is 38.7 Å². The van der Waals surface area contributed by atoms with Crippen molar-refractivity contribution in [3.05, 3.63) is 35.4 Å². The molecule has 84 valence electrons. The molecule has 0 aliphatic carbocycles. The van der Waals surface area contributed by atoms with Gasteiger partial charge < -0.3 is 5.11 Å². The van der Waals surface area contributed by atoms with Crippen LogP contribution in [0.3, 0.4) is 0 Å². The van der Waals surface area contributed by atoms with Gasteiger partial charge in [0.1, 0.15) is 0 Å². The lowest BCUT2D eigenvalue weighted by molar-refractivity contribution is 0.153. The number of aliphatic hydroxyl groups excluding tert-OH is 1. The van der Waals surface area contributed by atoms with Gasteiger partial charge in [0.25, 0.3) is 0 Å². The summed E-state index contributed by atoms with van der Waals surface area (Å²) in [6.07, 6.45) is 2.04. The van der Waals surface area contributed by atoms with Crippen molar-refractivity contribution in [1.82, 2.24) is 0 Å². The molecule has 1 aromatic carbocycles. The summed E-state index contributed by atoms with van der Waals surface area (Å²) in [6.45, 7) is 1.98. The third-order valence-electron chi connectivity index (χ3n) is 2.40. The quantitative estimate of drug-likeness (QED) is 0.798. The van der Waals surface area contributed by atoms with Crippen molar-refractivity contribution in [2.24, 2.45) is 0 Å². The van der Waals surface area contributed by atoms with Crippen molar-refractivity contribution in [3.63, 3.8) is 0 Å². The maximum absolute atomic E-state index is 13.2. The molecule has 0 spiro atoms. The molecule has 1 unspecified atom stereocenters. The van der Waals surface area contributed by atoms with Crippen LogP contribution in [-0.2, 0) is 6.42 Å². The minimum Gasteiger partial charge on any atom is -0.393 e. The Morgan fingerprint density at radius 2 is 2.00 bits per heavy atom. The highest BCUT2D eigenvalue weighted by atomic mass is 19.2. The average Bonchev–Trinajstić information content (AvgIpc) is 2.21. The van der Waals surface area contributed by atoms with Gasteiger partial charge in [0.2, 0.25) is 0 Å². The largest absolute Gasteiger partial charge is 0.393 e. The van der Waals surface area contributed by atoms with Gasteiger partial charge in [-0.05, 0) is 30.9 Å². The monoisotopic (exact) mass is 214 g/mol. The molecule has 0 aliphatic heterocycles. The van der Waals surface area contributed by atoms with Crippen molar-refractivity contribution in [1.29, 1.82) is 0 Å². The van der Waals surface area contributed by atoms with E-state index in [0.29, 0.717) is 24.8 Å². The second-order valence-corrected chi connectivity index (χ2v) is 3.69. The Hall–Kier alpha value is -0.960. The number of benzene rings is 1. The Morgan fingerprint density at radius 3 is 2.67 bits per heavy atom. The third kappa shape index (κ3) is 3.59. The molecule has 3 heteroatoms. The number of hydrogen-bond donors (Lipinski definition) is 1. The molecule has 0 fully saturated rings. The molecular formula is C12H16F2O. The van der Waals surface area contributed by atoms with E-state index in [4.69, 9.17) is 0 Å². The van der Waals surface area contributed by atoms with Crippen molar-refractivity contribution in [3.8, 4) is 0 Å². The Balaban J connectivity index is 2.54. The standard InChI is InChI=1S/C12H16F2O/c1-2-4-10(15)8-7-9-5-3-6-11(13)12(9)14/h3,5-6,10,15H,2,4,7-8H2,1H3. The Labute approximate surface area is 88.7 Å². The van der Waals surface area contributed by atoms with E-state index in [0.717, 1.165) is 12.5 Å². The molecule has 1 atom stereocenters. The molecule has 0 heterocycles. The molecule has 1 rings (SSSR count). The molecule has 1 N–H and O–H groups in total.